The third kappa shape index (κ3) is 33.4. The summed E-state index contributed by atoms with van der Waals surface area (Å²) in [5.74, 6) is 0. The number of hydrogen-bond acceptors (Lipinski definition) is 6. The first-order chi connectivity index (χ1) is 21.6. The topological polar surface area (TPSA) is 100 Å². The van der Waals surface area contributed by atoms with Crippen molar-refractivity contribution in [2.24, 2.45) is 0 Å². The summed E-state index contributed by atoms with van der Waals surface area (Å²) >= 11 is 0. The summed E-state index contributed by atoms with van der Waals surface area (Å²) in [5.41, 5.74) is 0. The highest BCUT2D eigenvalue weighted by Gasteiger charge is 2.05. The fourth-order valence-electron chi connectivity index (χ4n) is 5.39. The zero-order valence-corrected chi connectivity index (χ0v) is 29.2. The number of unbranched alkanes of at least 4 members (excludes halogenated alkanes) is 20. The summed E-state index contributed by atoms with van der Waals surface area (Å²) in [5, 5.41) is 15.2. The molecule has 0 saturated carbocycles. The molecular weight excluding hydrogens is 554 g/mol. The van der Waals surface area contributed by atoms with E-state index in [1.807, 2.05) is 0 Å². The molecule has 0 aromatic rings. The molecule has 0 heterocycles. The van der Waals surface area contributed by atoms with E-state index in [2.05, 4.69) is 29.4 Å². The molecule has 0 fully saturated rings. The van der Waals surface area contributed by atoms with E-state index in [0.29, 0.717) is 19.8 Å². The van der Waals surface area contributed by atoms with Crippen molar-refractivity contribution in [3.8, 4) is 0 Å². The molecule has 0 rings (SSSR count). The fourth-order valence-corrected chi connectivity index (χ4v) is 5.39. The van der Waals surface area contributed by atoms with Crippen molar-refractivity contribution in [2.45, 2.75) is 168 Å². The Hall–Kier alpha value is -1.54. The van der Waals surface area contributed by atoms with Crippen molar-refractivity contribution in [1.82, 2.24) is 15.5 Å². The molecule has 0 aromatic heterocycles. The first kappa shape index (κ1) is 42.5. The van der Waals surface area contributed by atoms with Crippen molar-refractivity contribution in [3.63, 3.8) is 0 Å². The summed E-state index contributed by atoms with van der Waals surface area (Å²) in [6, 6.07) is 0. The van der Waals surface area contributed by atoms with E-state index in [0.717, 1.165) is 71.1 Å². The highest BCUT2D eigenvalue weighted by atomic mass is 16.6. The first-order valence-electron chi connectivity index (χ1n) is 18.8. The molecule has 3 N–H and O–H groups in total. The maximum atomic E-state index is 11.7. The lowest BCUT2D eigenvalue weighted by atomic mass is 10.1. The molecule has 0 aliphatic heterocycles. The molecule has 262 valence electrons. The number of amides is 2. The lowest BCUT2D eigenvalue weighted by Crippen LogP contribution is -2.29. The zero-order chi connectivity index (χ0) is 32.2. The van der Waals surface area contributed by atoms with Crippen LogP contribution in [0.2, 0.25) is 0 Å². The maximum absolute atomic E-state index is 11.7. The number of carbonyl (C=O) groups excluding carboxylic acids is 2. The van der Waals surface area contributed by atoms with Crippen molar-refractivity contribution in [1.29, 1.82) is 0 Å². The number of ether oxygens (including phenoxy) is 2. The Labute approximate surface area is 272 Å². The summed E-state index contributed by atoms with van der Waals surface area (Å²) in [4.78, 5) is 25.9. The van der Waals surface area contributed by atoms with Gasteiger partial charge >= 0.3 is 12.2 Å². The van der Waals surface area contributed by atoms with Crippen LogP contribution >= 0.6 is 0 Å². The minimum atomic E-state index is -0.271. The van der Waals surface area contributed by atoms with Crippen molar-refractivity contribution < 1.29 is 24.2 Å². The van der Waals surface area contributed by atoms with Gasteiger partial charge in [0.25, 0.3) is 0 Å². The second kappa shape index (κ2) is 35.9. The van der Waals surface area contributed by atoms with E-state index in [1.54, 1.807) is 0 Å². The Kier molecular flexibility index (Phi) is 34.7. The summed E-state index contributed by atoms with van der Waals surface area (Å²) in [7, 11) is 0. The second-order valence-corrected chi connectivity index (χ2v) is 12.5. The quantitative estimate of drug-likeness (QED) is 0.0615. The van der Waals surface area contributed by atoms with Crippen LogP contribution in [0.4, 0.5) is 9.59 Å². The van der Waals surface area contributed by atoms with Gasteiger partial charge in [0.2, 0.25) is 0 Å². The lowest BCUT2D eigenvalue weighted by molar-refractivity contribution is 0.142. The molecule has 0 spiro atoms. The Balaban J connectivity index is 3.50. The summed E-state index contributed by atoms with van der Waals surface area (Å²) in [6.45, 7) is 10.0. The highest BCUT2D eigenvalue weighted by molar-refractivity contribution is 5.67. The van der Waals surface area contributed by atoms with Gasteiger partial charge in [-0.3, -0.25) is 0 Å². The molecule has 2 amide bonds. The largest absolute Gasteiger partial charge is 0.450 e. The average molecular weight is 628 g/mol. The normalized spacial score (nSPS) is 11.2. The van der Waals surface area contributed by atoms with Crippen LogP contribution in [-0.2, 0) is 9.47 Å². The van der Waals surface area contributed by atoms with Gasteiger partial charge in [0.15, 0.2) is 0 Å². The van der Waals surface area contributed by atoms with Crippen LogP contribution in [0.15, 0.2) is 0 Å². The molecule has 8 heteroatoms. The van der Waals surface area contributed by atoms with Gasteiger partial charge < -0.3 is 30.1 Å². The Morgan fingerprint density at radius 1 is 0.477 bits per heavy atom. The van der Waals surface area contributed by atoms with Gasteiger partial charge in [-0.25, -0.2) is 9.59 Å². The van der Waals surface area contributed by atoms with Crippen molar-refractivity contribution in [3.05, 3.63) is 0 Å². The number of hydrogen-bond donors (Lipinski definition) is 3. The summed E-state index contributed by atoms with van der Waals surface area (Å²) in [6.07, 6.45) is 27.7. The molecule has 0 bridgehead atoms. The van der Waals surface area contributed by atoms with Crippen molar-refractivity contribution >= 4 is 12.2 Å². The Bertz CT molecular complexity index is 560. The Morgan fingerprint density at radius 2 is 0.818 bits per heavy atom. The van der Waals surface area contributed by atoms with Crippen LogP contribution in [0.3, 0.4) is 0 Å². The molecule has 0 unspecified atom stereocenters. The third-order valence-electron chi connectivity index (χ3n) is 8.22. The van der Waals surface area contributed by atoms with Gasteiger partial charge in [0.05, 0.1) is 19.8 Å². The second-order valence-electron chi connectivity index (χ2n) is 12.5. The molecule has 0 atom stereocenters. The predicted octanol–water partition coefficient (Wildman–Crippen LogP) is 9.14. The molecule has 8 nitrogen and oxygen atoms in total. The van der Waals surface area contributed by atoms with Gasteiger partial charge in [0.1, 0.15) is 0 Å². The van der Waals surface area contributed by atoms with Gasteiger partial charge in [-0.2, -0.15) is 0 Å². The average Bonchev–Trinajstić information content (AvgIpc) is 3.02. The highest BCUT2D eigenvalue weighted by Crippen LogP contribution is 2.10. The molecule has 44 heavy (non-hydrogen) atoms. The molecule has 0 aliphatic carbocycles. The van der Waals surface area contributed by atoms with Crippen LogP contribution in [0.1, 0.15) is 168 Å². The van der Waals surface area contributed by atoms with Crippen LogP contribution in [0.5, 0.6) is 0 Å². The van der Waals surface area contributed by atoms with Crippen LogP contribution in [0, 0.1) is 0 Å². The van der Waals surface area contributed by atoms with E-state index >= 15 is 0 Å². The molecular formula is C36H73N3O5. The van der Waals surface area contributed by atoms with Gasteiger partial charge in [-0.05, 0) is 51.6 Å². The molecule has 0 aliphatic rings. The standard InChI is InChI=1S/C36H73N3O5/c1-3-5-7-9-15-21-27-37-35(41)44-34-26-20-14-13-18-24-30-39(31-32-40)29-23-17-12-11-16-22-28-38-36(42)43-33-25-19-10-8-6-4-2/h40H,3-34H2,1-2H3,(H,37,41)(H,38,42). The van der Waals surface area contributed by atoms with E-state index in [-0.39, 0.29) is 18.8 Å². The maximum Gasteiger partial charge on any atom is 0.407 e. The minimum absolute atomic E-state index is 0.223. The molecule has 0 aromatic carbocycles. The van der Waals surface area contributed by atoms with E-state index < -0.39 is 0 Å². The van der Waals surface area contributed by atoms with Crippen molar-refractivity contribution in [2.75, 3.05) is 52.5 Å². The number of nitrogens with zero attached hydrogens (tertiary/aromatic N) is 1. The first-order valence-corrected chi connectivity index (χ1v) is 18.8. The third-order valence-corrected chi connectivity index (χ3v) is 8.22. The smallest absolute Gasteiger partial charge is 0.407 e. The number of aliphatic hydroxyl groups is 1. The lowest BCUT2D eigenvalue weighted by Gasteiger charge is -2.21. The van der Waals surface area contributed by atoms with Gasteiger partial charge in [0, 0.05) is 19.6 Å². The van der Waals surface area contributed by atoms with E-state index in [1.165, 1.54) is 109 Å². The van der Waals surface area contributed by atoms with E-state index in [4.69, 9.17) is 9.47 Å². The van der Waals surface area contributed by atoms with Crippen LogP contribution < -0.4 is 10.6 Å². The van der Waals surface area contributed by atoms with Crippen LogP contribution in [0.25, 0.3) is 0 Å². The number of rotatable bonds is 34. The number of nitrogens with one attached hydrogen (secondary N) is 2. The minimum Gasteiger partial charge on any atom is -0.450 e. The monoisotopic (exact) mass is 628 g/mol. The number of carbonyl (C=O) groups is 2. The Morgan fingerprint density at radius 3 is 1.20 bits per heavy atom. The predicted molar refractivity (Wildman–Crippen MR) is 184 cm³/mol. The van der Waals surface area contributed by atoms with Crippen LogP contribution in [-0.4, -0.2) is 74.7 Å². The summed E-state index contributed by atoms with van der Waals surface area (Å²) < 4.78 is 10.5. The SMILES string of the molecule is CCCCCCCCNC(=O)OCCCCCCCCN(CCO)CCCCCCCCNC(=O)OCCCCCCCC. The van der Waals surface area contributed by atoms with Gasteiger partial charge in [-0.15, -0.1) is 0 Å². The zero-order valence-electron chi connectivity index (χ0n) is 29.2. The van der Waals surface area contributed by atoms with Gasteiger partial charge in [-0.1, -0.05) is 129 Å². The number of alkyl carbamates (subject to hydrolysis) is 2. The van der Waals surface area contributed by atoms with E-state index in [9.17, 15) is 14.7 Å². The number of aliphatic hydroxyl groups excluding tert-OH is 1. The molecule has 0 radical (unpaired) electrons. The fraction of sp³-hybridized carbons (Fsp3) is 0.944. The molecule has 0 saturated heterocycles.